The van der Waals surface area contributed by atoms with E-state index in [4.69, 9.17) is 10.00 Å². The molecule has 1 aliphatic heterocycles. The minimum atomic E-state index is -1.19. The summed E-state index contributed by atoms with van der Waals surface area (Å²) in [5, 5.41) is 24.4. The molecule has 1 N–H and O–H groups in total. The molecule has 0 atom stereocenters. The number of piperidine rings is 1. The number of aliphatic hydroxyl groups is 1. The van der Waals surface area contributed by atoms with Crippen molar-refractivity contribution in [3.63, 3.8) is 0 Å². The normalized spacial score (nSPS) is 14.9. The van der Waals surface area contributed by atoms with Gasteiger partial charge in [0.25, 0.3) is 11.5 Å². The lowest BCUT2D eigenvalue weighted by molar-refractivity contribution is -0.0299. The maximum Gasteiger partial charge on any atom is 0.264 e. The van der Waals surface area contributed by atoms with Crippen molar-refractivity contribution in [1.29, 1.82) is 5.26 Å². The highest BCUT2D eigenvalue weighted by atomic mass is 19.1. The first-order valence-corrected chi connectivity index (χ1v) is 11.7. The first kappa shape index (κ1) is 24.1. The summed E-state index contributed by atoms with van der Waals surface area (Å²) in [5.74, 6) is -0.0965. The van der Waals surface area contributed by atoms with E-state index in [1.165, 1.54) is 46.0 Å². The minimum Gasteiger partial charge on any atom is -0.479 e. The van der Waals surface area contributed by atoms with Gasteiger partial charge in [-0.25, -0.2) is 14.1 Å². The van der Waals surface area contributed by atoms with Crippen LogP contribution in [-0.2, 0) is 6.54 Å². The summed E-state index contributed by atoms with van der Waals surface area (Å²) >= 11 is 0. The fourth-order valence-corrected chi connectivity index (χ4v) is 4.43. The molecule has 2 aromatic carbocycles. The van der Waals surface area contributed by atoms with Gasteiger partial charge in [-0.3, -0.25) is 14.2 Å². The van der Waals surface area contributed by atoms with Crippen LogP contribution in [-0.4, -0.2) is 60.5 Å². The molecule has 1 aliphatic rings. The molecule has 2 aromatic heterocycles. The Morgan fingerprint density at radius 1 is 1.14 bits per heavy atom. The maximum absolute atomic E-state index is 13.2. The van der Waals surface area contributed by atoms with E-state index in [1.807, 2.05) is 6.07 Å². The quantitative estimate of drug-likeness (QED) is 0.429. The molecule has 0 aliphatic carbocycles. The zero-order valence-corrected chi connectivity index (χ0v) is 19.7. The van der Waals surface area contributed by atoms with Crippen molar-refractivity contribution in [1.82, 2.24) is 24.2 Å². The van der Waals surface area contributed by atoms with E-state index >= 15 is 0 Å². The Balaban J connectivity index is 1.29. The summed E-state index contributed by atoms with van der Waals surface area (Å²) in [6.45, 7) is 0.593. The summed E-state index contributed by atoms with van der Waals surface area (Å²) in [6, 6.07) is 14.2. The second-order valence-corrected chi connectivity index (χ2v) is 8.94. The number of aromatic nitrogens is 4. The third kappa shape index (κ3) is 4.92. The van der Waals surface area contributed by atoms with E-state index in [1.54, 1.807) is 29.2 Å². The number of nitrogens with zero attached hydrogens (tertiary/aromatic N) is 6. The van der Waals surface area contributed by atoms with Crippen LogP contribution in [0.5, 0.6) is 5.75 Å². The van der Waals surface area contributed by atoms with E-state index < -0.39 is 11.4 Å². The van der Waals surface area contributed by atoms with Gasteiger partial charge in [0.1, 0.15) is 29.3 Å². The smallest absolute Gasteiger partial charge is 0.264 e. The van der Waals surface area contributed by atoms with Gasteiger partial charge < -0.3 is 14.7 Å². The van der Waals surface area contributed by atoms with Crippen molar-refractivity contribution in [2.24, 2.45) is 0 Å². The largest absolute Gasteiger partial charge is 0.479 e. The summed E-state index contributed by atoms with van der Waals surface area (Å²) in [5.41, 5.74) is -0.0875. The Morgan fingerprint density at radius 2 is 1.84 bits per heavy atom. The Bertz CT molecular complexity index is 1530. The molecule has 1 fully saturated rings. The average Bonchev–Trinajstić information content (AvgIpc) is 3.35. The molecule has 0 unspecified atom stereocenters. The molecule has 11 heteroatoms. The molecule has 5 rings (SSSR count). The zero-order valence-electron chi connectivity index (χ0n) is 19.7. The van der Waals surface area contributed by atoms with Crippen LogP contribution in [0.3, 0.4) is 0 Å². The van der Waals surface area contributed by atoms with Crippen molar-refractivity contribution < 1.29 is 19.0 Å². The van der Waals surface area contributed by atoms with Gasteiger partial charge in [-0.2, -0.15) is 10.4 Å². The Morgan fingerprint density at radius 3 is 2.51 bits per heavy atom. The van der Waals surface area contributed by atoms with E-state index in [9.17, 15) is 19.1 Å². The van der Waals surface area contributed by atoms with E-state index in [0.29, 0.717) is 41.1 Å². The second-order valence-electron chi connectivity index (χ2n) is 8.94. The van der Waals surface area contributed by atoms with E-state index in [-0.39, 0.29) is 37.5 Å². The van der Waals surface area contributed by atoms with Crippen molar-refractivity contribution in [2.45, 2.75) is 25.0 Å². The molecule has 4 aromatic rings. The fourth-order valence-electron chi connectivity index (χ4n) is 4.43. The first-order valence-electron chi connectivity index (χ1n) is 11.7. The van der Waals surface area contributed by atoms with Crippen molar-refractivity contribution in [3.05, 3.63) is 82.8 Å². The van der Waals surface area contributed by atoms with Gasteiger partial charge in [-0.1, -0.05) is 0 Å². The molecule has 0 spiro atoms. The van der Waals surface area contributed by atoms with Crippen LogP contribution in [0.1, 0.15) is 23.2 Å². The van der Waals surface area contributed by atoms with E-state index in [0.717, 1.165) is 0 Å². The van der Waals surface area contributed by atoms with Crippen LogP contribution in [0, 0.1) is 17.1 Å². The highest BCUT2D eigenvalue weighted by Crippen LogP contribution is 2.25. The van der Waals surface area contributed by atoms with Crippen LogP contribution in [0.2, 0.25) is 0 Å². The molecule has 188 valence electrons. The number of hydrogen-bond acceptors (Lipinski definition) is 7. The molecular formula is C26H23FN6O4. The van der Waals surface area contributed by atoms with Crippen LogP contribution in [0.4, 0.5) is 4.39 Å². The molecular weight excluding hydrogens is 479 g/mol. The topological polar surface area (TPSA) is 126 Å². The summed E-state index contributed by atoms with van der Waals surface area (Å²) in [4.78, 5) is 31.9. The number of likely N-dealkylation sites (tertiary alicyclic amines) is 1. The number of amides is 1. The Kier molecular flexibility index (Phi) is 6.42. The third-order valence-electron chi connectivity index (χ3n) is 6.48. The maximum atomic E-state index is 13.2. The molecule has 10 nitrogen and oxygen atoms in total. The predicted molar refractivity (Wildman–Crippen MR) is 131 cm³/mol. The Labute approximate surface area is 210 Å². The number of nitriles is 1. The number of ether oxygens (including phenoxy) is 1. The van der Waals surface area contributed by atoms with Gasteiger partial charge >= 0.3 is 0 Å². The molecule has 0 saturated carbocycles. The lowest BCUT2D eigenvalue weighted by Crippen LogP contribution is -2.49. The minimum absolute atomic E-state index is 0.0312. The number of halogens is 1. The number of carbonyl (C=O) groups excluding carboxylic acids is 1. The SMILES string of the molecule is N#CCOc1ccc(-n2ncc3c(=O)n(CC4(O)CCN(C(=O)c5ccc(F)cc5)CC4)cnc32)cc1. The number of carbonyl (C=O) groups is 1. The summed E-state index contributed by atoms with van der Waals surface area (Å²) in [6.07, 6.45) is 3.39. The molecule has 1 saturated heterocycles. The summed E-state index contributed by atoms with van der Waals surface area (Å²) in [7, 11) is 0. The third-order valence-corrected chi connectivity index (χ3v) is 6.48. The molecule has 0 bridgehead atoms. The van der Waals surface area contributed by atoms with Crippen LogP contribution in [0.25, 0.3) is 16.7 Å². The first-order chi connectivity index (χ1) is 17.9. The highest BCUT2D eigenvalue weighted by Gasteiger charge is 2.35. The Hall–Kier alpha value is -4.56. The average molecular weight is 503 g/mol. The lowest BCUT2D eigenvalue weighted by Gasteiger charge is -2.38. The molecule has 0 radical (unpaired) electrons. The van der Waals surface area contributed by atoms with Crippen molar-refractivity contribution in [3.8, 4) is 17.5 Å². The summed E-state index contributed by atoms with van der Waals surface area (Å²) < 4.78 is 21.3. The van der Waals surface area contributed by atoms with Gasteiger partial charge in [0.05, 0.1) is 24.0 Å². The number of fused-ring (bicyclic) bond motifs is 1. The van der Waals surface area contributed by atoms with Crippen LogP contribution in [0.15, 0.2) is 65.8 Å². The van der Waals surface area contributed by atoms with Crippen molar-refractivity contribution in [2.75, 3.05) is 19.7 Å². The van der Waals surface area contributed by atoms with Crippen molar-refractivity contribution >= 4 is 16.9 Å². The molecule has 1 amide bonds. The van der Waals surface area contributed by atoms with Gasteiger partial charge in [0.2, 0.25) is 0 Å². The number of benzene rings is 2. The predicted octanol–water partition coefficient (Wildman–Crippen LogP) is 2.29. The van der Waals surface area contributed by atoms with Gasteiger partial charge in [0.15, 0.2) is 12.3 Å². The number of rotatable bonds is 6. The fraction of sp³-hybridized carbons (Fsp3) is 0.269. The highest BCUT2D eigenvalue weighted by molar-refractivity contribution is 5.94. The zero-order chi connectivity index (χ0) is 26.0. The standard InChI is InChI=1S/C26H23FN6O4/c27-19-3-1-18(2-4-19)24(34)31-12-9-26(36,10-13-31)16-32-17-29-23-22(25(32)35)15-30-33(23)20-5-7-21(8-6-20)37-14-11-28/h1-8,15,17,36H,9-10,12-14,16H2. The monoisotopic (exact) mass is 502 g/mol. The lowest BCUT2D eigenvalue weighted by atomic mass is 9.91. The second kappa shape index (κ2) is 9.83. The van der Waals surface area contributed by atoms with Gasteiger partial charge in [0, 0.05) is 18.7 Å². The van der Waals surface area contributed by atoms with Crippen LogP contribution < -0.4 is 10.3 Å². The number of hydrogen-bond donors (Lipinski definition) is 1. The van der Waals surface area contributed by atoms with E-state index in [2.05, 4.69) is 10.1 Å². The molecule has 37 heavy (non-hydrogen) atoms. The van der Waals surface area contributed by atoms with Gasteiger partial charge in [-0.05, 0) is 61.4 Å². The van der Waals surface area contributed by atoms with Crippen LogP contribution >= 0.6 is 0 Å². The van der Waals surface area contributed by atoms with Gasteiger partial charge in [-0.15, -0.1) is 0 Å². The molecule has 3 heterocycles.